The Morgan fingerprint density at radius 2 is 1.27 bits per heavy atom. The summed E-state index contributed by atoms with van der Waals surface area (Å²) in [4.78, 5) is 15.9. The molecule has 0 bridgehead atoms. The van der Waals surface area contributed by atoms with Crippen LogP contribution in [0.5, 0.6) is 5.75 Å². The SMILES string of the molecule is O=C1c2ccccc2-c2c(-c3ccc4ccc5cccc6ccc3c4c56)cc(N3CCCCC3)c(O)c21. The molecule has 0 atom stereocenters. The van der Waals surface area contributed by atoms with E-state index in [2.05, 4.69) is 65.6 Å². The maximum atomic E-state index is 13.7. The summed E-state index contributed by atoms with van der Waals surface area (Å²) in [5.74, 6) is 0.0421. The highest BCUT2D eigenvalue weighted by molar-refractivity contribution is 6.29. The van der Waals surface area contributed by atoms with Gasteiger partial charge in [0.25, 0.3) is 0 Å². The summed E-state index contributed by atoms with van der Waals surface area (Å²) in [6.45, 7) is 1.79. The Morgan fingerprint density at radius 3 is 2.05 bits per heavy atom. The molecule has 3 nitrogen and oxygen atoms in total. The lowest BCUT2D eigenvalue weighted by Gasteiger charge is -2.31. The summed E-state index contributed by atoms with van der Waals surface area (Å²) < 4.78 is 0. The van der Waals surface area contributed by atoms with Crippen LogP contribution in [0.2, 0.25) is 0 Å². The minimum absolute atomic E-state index is 0.0825. The lowest BCUT2D eigenvalue weighted by atomic mass is 9.86. The number of phenols is 1. The molecule has 37 heavy (non-hydrogen) atoms. The van der Waals surface area contributed by atoms with Gasteiger partial charge in [-0.1, -0.05) is 78.9 Å². The lowest BCUT2D eigenvalue weighted by molar-refractivity contribution is 0.104. The van der Waals surface area contributed by atoms with E-state index in [9.17, 15) is 9.90 Å². The molecule has 1 saturated heterocycles. The van der Waals surface area contributed by atoms with Gasteiger partial charge in [-0.05, 0) is 74.3 Å². The third kappa shape index (κ3) is 2.80. The van der Waals surface area contributed by atoms with Crippen molar-refractivity contribution in [3.63, 3.8) is 0 Å². The molecule has 0 radical (unpaired) electrons. The van der Waals surface area contributed by atoms with Crippen molar-refractivity contribution in [1.29, 1.82) is 0 Å². The third-order valence-corrected chi connectivity index (χ3v) is 8.46. The second-order valence-electron chi connectivity index (χ2n) is 10.4. The van der Waals surface area contributed by atoms with Crippen molar-refractivity contribution in [2.45, 2.75) is 19.3 Å². The highest BCUT2D eigenvalue weighted by atomic mass is 16.3. The van der Waals surface area contributed by atoms with Crippen molar-refractivity contribution >= 4 is 43.8 Å². The third-order valence-electron chi connectivity index (χ3n) is 8.46. The fourth-order valence-electron chi connectivity index (χ4n) is 6.75. The molecule has 6 aromatic rings. The molecule has 0 unspecified atom stereocenters. The predicted molar refractivity (Wildman–Crippen MR) is 152 cm³/mol. The Balaban J connectivity index is 1.50. The molecular weight excluding hydrogens is 454 g/mol. The Labute approximate surface area is 214 Å². The number of nitrogens with zero attached hydrogens (tertiary/aromatic N) is 1. The van der Waals surface area contributed by atoms with Crippen LogP contribution in [0.4, 0.5) is 5.69 Å². The van der Waals surface area contributed by atoms with E-state index in [1.165, 1.54) is 38.7 Å². The van der Waals surface area contributed by atoms with E-state index < -0.39 is 0 Å². The number of carbonyl (C=O) groups excluding carboxylic acids is 1. The molecule has 1 fully saturated rings. The highest BCUT2D eigenvalue weighted by Crippen LogP contribution is 2.52. The first-order valence-corrected chi connectivity index (χ1v) is 13.2. The Morgan fingerprint density at radius 1 is 0.595 bits per heavy atom. The number of aromatic hydroxyl groups is 1. The molecule has 0 amide bonds. The molecule has 1 aliphatic carbocycles. The lowest BCUT2D eigenvalue weighted by Crippen LogP contribution is -2.29. The van der Waals surface area contributed by atoms with Crippen LogP contribution in [0.3, 0.4) is 0 Å². The molecule has 1 N–H and O–H groups in total. The normalized spacial score (nSPS) is 15.1. The number of anilines is 1. The molecule has 0 saturated carbocycles. The zero-order valence-electron chi connectivity index (χ0n) is 20.4. The fraction of sp³-hybridized carbons (Fsp3) is 0.147. The molecule has 3 heteroatoms. The van der Waals surface area contributed by atoms with Gasteiger partial charge in [0, 0.05) is 24.2 Å². The van der Waals surface area contributed by atoms with Gasteiger partial charge in [0.1, 0.15) is 0 Å². The van der Waals surface area contributed by atoms with E-state index in [0.717, 1.165) is 53.9 Å². The number of phenolic OH excluding ortho intramolecular Hbond substituents is 1. The zero-order chi connectivity index (χ0) is 24.7. The number of carbonyl (C=O) groups is 1. The van der Waals surface area contributed by atoms with Crippen molar-refractivity contribution in [2.24, 2.45) is 0 Å². The van der Waals surface area contributed by atoms with Crippen LogP contribution in [-0.2, 0) is 0 Å². The van der Waals surface area contributed by atoms with Crippen molar-refractivity contribution in [1.82, 2.24) is 0 Å². The van der Waals surface area contributed by atoms with E-state index in [0.29, 0.717) is 11.1 Å². The Hall–Kier alpha value is -4.37. The molecular formula is C34H25NO2. The van der Waals surface area contributed by atoms with Crippen LogP contribution in [0.1, 0.15) is 35.2 Å². The fourth-order valence-corrected chi connectivity index (χ4v) is 6.75. The first-order chi connectivity index (χ1) is 18.2. The van der Waals surface area contributed by atoms with Gasteiger partial charge >= 0.3 is 0 Å². The monoisotopic (exact) mass is 479 g/mol. The highest BCUT2D eigenvalue weighted by Gasteiger charge is 2.35. The predicted octanol–water partition coefficient (Wildman–Crippen LogP) is 8.16. The van der Waals surface area contributed by atoms with Gasteiger partial charge in [0.2, 0.25) is 0 Å². The summed E-state index contributed by atoms with van der Waals surface area (Å²) in [5, 5.41) is 18.9. The van der Waals surface area contributed by atoms with Gasteiger partial charge in [-0.15, -0.1) is 0 Å². The number of ketones is 1. The van der Waals surface area contributed by atoms with Crippen molar-refractivity contribution in [2.75, 3.05) is 18.0 Å². The molecule has 8 rings (SSSR count). The molecule has 0 aromatic heterocycles. The molecule has 178 valence electrons. The molecule has 1 aliphatic heterocycles. The Kier molecular flexibility index (Phi) is 4.25. The quantitative estimate of drug-likeness (QED) is 0.254. The van der Waals surface area contributed by atoms with Crippen LogP contribution < -0.4 is 4.90 Å². The van der Waals surface area contributed by atoms with Gasteiger partial charge in [-0.25, -0.2) is 0 Å². The van der Waals surface area contributed by atoms with Gasteiger partial charge in [-0.3, -0.25) is 4.79 Å². The summed E-state index contributed by atoms with van der Waals surface area (Å²) in [6.07, 6.45) is 3.39. The van der Waals surface area contributed by atoms with Crippen LogP contribution in [0.25, 0.3) is 54.6 Å². The van der Waals surface area contributed by atoms with Crippen LogP contribution >= 0.6 is 0 Å². The van der Waals surface area contributed by atoms with Crippen LogP contribution in [0.15, 0.2) is 84.9 Å². The summed E-state index contributed by atoms with van der Waals surface area (Å²) in [6, 6.07) is 29.6. The average Bonchev–Trinajstić information content (AvgIpc) is 3.25. The number of piperidine rings is 1. The zero-order valence-corrected chi connectivity index (χ0v) is 20.4. The number of hydrogen-bond acceptors (Lipinski definition) is 3. The molecule has 6 aromatic carbocycles. The van der Waals surface area contributed by atoms with E-state index >= 15 is 0 Å². The van der Waals surface area contributed by atoms with Crippen LogP contribution in [0, 0.1) is 0 Å². The standard InChI is InChI=1S/C34H25NO2/c36-33-26-10-3-2-9-24(26)31-27(19-28(34(37)32(31)33)35-17-4-1-5-18-35)23-15-13-22-12-11-20-7-6-8-21-14-16-25(23)30(22)29(20)21/h2-3,6-16,19,37H,1,4-5,17-18H2. The van der Waals surface area contributed by atoms with Gasteiger partial charge in [-0.2, -0.15) is 0 Å². The minimum atomic E-state index is -0.0825. The number of fused-ring (bicyclic) bond motifs is 3. The summed E-state index contributed by atoms with van der Waals surface area (Å²) >= 11 is 0. The number of hydrogen-bond donors (Lipinski definition) is 1. The maximum Gasteiger partial charge on any atom is 0.198 e. The van der Waals surface area contributed by atoms with Crippen molar-refractivity contribution < 1.29 is 9.90 Å². The topological polar surface area (TPSA) is 40.5 Å². The maximum absolute atomic E-state index is 13.7. The van der Waals surface area contributed by atoms with E-state index in [1.807, 2.05) is 24.3 Å². The van der Waals surface area contributed by atoms with E-state index in [4.69, 9.17) is 0 Å². The minimum Gasteiger partial charge on any atom is -0.505 e. The van der Waals surface area contributed by atoms with E-state index in [1.54, 1.807) is 0 Å². The first-order valence-electron chi connectivity index (χ1n) is 13.2. The van der Waals surface area contributed by atoms with Crippen LogP contribution in [-0.4, -0.2) is 24.0 Å². The van der Waals surface area contributed by atoms with Gasteiger partial charge < -0.3 is 10.0 Å². The second-order valence-corrected chi connectivity index (χ2v) is 10.4. The van der Waals surface area contributed by atoms with Gasteiger partial charge in [0.15, 0.2) is 11.5 Å². The second kappa shape index (κ2) is 7.57. The smallest absolute Gasteiger partial charge is 0.198 e. The molecule has 1 heterocycles. The van der Waals surface area contributed by atoms with Crippen molar-refractivity contribution in [3.8, 4) is 28.0 Å². The molecule has 0 spiro atoms. The van der Waals surface area contributed by atoms with E-state index in [-0.39, 0.29) is 11.5 Å². The number of benzene rings is 6. The first kappa shape index (κ1) is 20.8. The van der Waals surface area contributed by atoms with Gasteiger partial charge in [0.05, 0.1) is 11.3 Å². The largest absolute Gasteiger partial charge is 0.505 e. The summed E-state index contributed by atoms with van der Waals surface area (Å²) in [5.41, 5.74) is 5.78. The average molecular weight is 480 g/mol. The number of rotatable bonds is 2. The summed E-state index contributed by atoms with van der Waals surface area (Å²) in [7, 11) is 0. The Bertz CT molecular complexity index is 1880. The molecule has 2 aliphatic rings. The van der Waals surface area contributed by atoms with Crippen molar-refractivity contribution in [3.05, 3.63) is 96.1 Å².